The van der Waals surface area contributed by atoms with E-state index in [-0.39, 0.29) is 12.4 Å². The summed E-state index contributed by atoms with van der Waals surface area (Å²) >= 11 is 0. The van der Waals surface area contributed by atoms with E-state index in [2.05, 4.69) is 14.3 Å². The van der Waals surface area contributed by atoms with Gasteiger partial charge in [0.2, 0.25) is 17.9 Å². The van der Waals surface area contributed by atoms with Gasteiger partial charge in [0.1, 0.15) is 0 Å². The lowest BCUT2D eigenvalue weighted by Gasteiger charge is -2.28. The second-order valence-electron chi connectivity index (χ2n) is 7.13. The molecule has 12 heteroatoms. The molecule has 0 aromatic heterocycles. The maximum atomic E-state index is 9.06. The molecule has 0 amide bonds. The van der Waals surface area contributed by atoms with Crippen LogP contribution in [0.3, 0.4) is 0 Å². The van der Waals surface area contributed by atoms with Crippen LogP contribution in [0, 0.1) is 5.16 Å². The van der Waals surface area contributed by atoms with Gasteiger partial charge in [-0.1, -0.05) is 0 Å². The van der Waals surface area contributed by atoms with Crippen molar-refractivity contribution >= 4 is 37.8 Å². The summed E-state index contributed by atoms with van der Waals surface area (Å²) in [6.07, 6.45) is 0. The molecule has 0 atom stereocenters. The highest BCUT2D eigenvalue weighted by atomic mass is 35.5. The van der Waals surface area contributed by atoms with E-state index in [1.54, 1.807) is 0 Å². The van der Waals surface area contributed by atoms with Gasteiger partial charge in [-0.2, -0.15) is 14.3 Å². The van der Waals surface area contributed by atoms with E-state index in [4.69, 9.17) is 5.16 Å². The first kappa shape index (κ1) is 27.5. The predicted octanol–water partition coefficient (Wildman–Crippen LogP) is 1.37. The van der Waals surface area contributed by atoms with Crippen molar-refractivity contribution in [3.05, 3.63) is 0 Å². The van der Waals surface area contributed by atoms with E-state index < -0.39 is 7.51 Å². The molecule has 0 aliphatic carbocycles. The van der Waals surface area contributed by atoms with Gasteiger partial charge in [0, 0.05) is 84.6 Å². The molecule has 0 fully saturated rings. The summed E-state index contributed by atoms with van der Waals surface area (Å²) in [6.45, 7) is 0. The Labute approximate surface area is 171 Å². The Morgan fingerprint density at radius 2 is 0.630 bits per heavy atom. The first-order valence-electron chi connectivity index (χ1n) is 8.20. The van der Waals surface area contributed by atoms with Crippen LogP contribution in [-0.2, 0) is 0 Å². The molecule has 0 saturated heterocycles. The van der Waals surface area contributed by atoms with Crippen molar-refractivity contribution in [1.29, 1.82) is 5.16 Å². The number of rotatable bonds is 3. The zero-order valence-corrected chi connectivity index (χ0v) is 20.6. The third-order valence-electron chi connectivity index (χ3n) is 3.09. The molecule has 0 heterocycles. The number of hydrogen-bond donors (Lipinski definition) is 1. The maximum Gasteiger partial charge on any atom is 0.306 e. The third kappa shape index (κ3) is 8.71. The lowest BCUT2D eigenvalue weighted by Crippen LogP contribution is -2.37. The summed E-state index contributed by atoms with van der Waals surface area (Å²) in [4.78, 5) is 11.2. The van der Waals surface area contributed by atoms with Gasteiger partial charge in [0.05, 0.1) is 0 Å². The van der Waals surface area contributed by atoms with Crippen molar-refractivity contribution < 1.29 is 0 Å². The topological polar surface area (TPSA) is 80.4 Å². The average Bonchev–Trinajstić information content (AvgIpc) is 2.46. The Morgan fingerprint density at radius 3 is 0.741 bits per heavy atom. The molecule has 0 radical (unpaired) electrons. The normalized spacial score (nSPS) is 10.1. The van der Waals surface area contributed by atoms with Gasteiger partial charge >= 0.3 is 7.51 Å². The molecule has 0 spiro atoms. The van der Waals surface area contributed by atoms with E-state index in [0.717, 1.165) is 0 Å². The molecule has 0 rings (SSSR count). The summed E-state index contributed by atoms with van der Waals surface area (Å²) < 4.78 is 14.0. The van der Waals surface area contributed by atoms with E-state index in [0.29, 0.717) is 17.9 Å². The summed E-state index contributed by atoms with van der Waals surface area (Å²) in [7, 11) is 19.6. The highest BCUT2D eigenvalue weighted by Gasteiger charge is 2.23. The van der Waals surface area contributed by atoms with Crippen molar-refractivity contribution in [2.75, 3.05) is 84.6 Å². The van der Waals surface area contributed by atoms with Crippen molar-refractivity contribution in [3.8, 4) is 0 Å². The minimum atomic E-state index is -3.20. The molecule has 0 aromatic rings. The van der Waals surface area contributed by atoms with Gasteiger partial charge in [0.25, 0.3) is 0 Å². The van der Waals surface area contributed by atoms with Crippen LogP contribution >= 0.6 is 19.9 Å². The van der Waals surface area contributed by atoms with Crippen LogP contribution in [0.4, 0.5) is 0 Å². The molecule has 0 aliphatic rings. The van der Waals surface area contributed by atoms with E-state index >= 15 is 0 Å². The Balaban J connectivity index is 0. The average molecular weight is 425 g/mol. The minimum absolute atomic E-state index is 0. The number of halogens is 1. The van der Waals surface area contributed by atoms with Gasteiger partial charge in [0.15, 0.2) is 0 Å². The monoisotopic (exact) mass is 424 g/mol. The third-order valence-corrected chi connectivity index (χ3v) is 4.46. The Morgan fingerprint density at radius 1 is 0.481 bits per heavy atom. The molecule has 0 aromatic carbocycles. The SMILES string of the molecule is CN(C)C(=NP(=N)(N=C(N(C)C)N(C)C)N=C(N(C)C)N(C)C)N(C)C.Cl. The van der Waals surface area contributed by atoms with Crippen molar-refractivity contribution in [2.24, 2.45) is 14.3 Å². The molecule has 10 nitrogen and oxygen atoms in total. The standard InChI is InChI=1S/C15H37N10P.ClH/c1-20(2)13(21(3)4)17-26(16,18-14(22(5)6)23(7)8)19-15(24(9)10)25(11)12;/h16H,1-12H3;1H. The predicted molar refractivity (Wildman–Crippen MR) is 121 cm³/mol. The second kappa shape index (κ2) is 11.2. The van der Waals surface area contributed by atoms with E-state index in [1.807, 2.05) is 114 Å². The fourth-order valence-electron chi connectivity index (χ4n) is 2.18. The van der Waals surface area contributed by atoms with Crippen LogP contribution in [0.15, 0.2) is 14.3 Å². The van der Waals surface area contributed by atoms with Gasteiger partial charge in [-0.3, -0.25) is 5.16 Å². The van der Waals surface area contributed by atoms with Gasteiger partial charge in [-0.15, -0.1) is 12.4 Å². The quantitative estimate of drug-likeness (QED) is 0.418. The number of hydrogen-bond acceptors (Lipinski definition) is 1. The summed E-state index contributed by atoms with van der Waals surface area (Å²) in [6, 6.07) is 0. The molecular formula is C15H38ClN10P. The van der Waals surface area contributed by atoms with Crippen LogP contribution in [0.2, 0.25) is 0 Å². The smallest absolute Gasteiger partial charge is 0.306 e. The molecular weight excluding hydrogens is 387 g/mol. The van der Waals surface area contributed by atoms with E-state index in [1.165, 1.54) is 0 Å². The zero-order valence-electron chi connectivity index (χ0n) is 18.9. The number of nitrogens with zero attached hydrogens (tertiary/aromatic N) is 9. The minimum Gasteiger partial charge on any atom is -0.349 e. The Bertz CT molecular complexity index is 483. The van der Waals surface area contributed by atoms with Crippen molar-refractivity contribution in [1.82, 2.24) is 29.4 Å². The summed E-state index contributed by atoms with van der Waals surface area (Å²) in [5.41, 5.74) is 0. The largest absolute Gasteiger partial charge is 0.349 e. The highest BCUT2D eigenvalue weighted by Crippen LogP contribution is 2.53. The molecule has 0 saturated carbocycles. The zero-order chi connectivity index (χ0) is 20.8. The Hall–Kier alpha value is -1.67. The fraction of sp³-hybridized carbons (Fsp3) is 0.800. The van der Waals surface area contributed by atoms with Crippen LogP contribution in [-0.4, -0.2) is 132 Å². The van der Waals surface area contributed by atoms with Crippen LogP contribution in [0.5, 0.6) is 0 Å². The van der Waals surface area contributed by atoms with Gasteiger partial charge in [-0.25, -0.2) is 0 Å². The lowest BCUT2D eigenvalue weighted by atomic mass is 10.7. The van der Waals surface area contributed by atoms with Crippen molar-refractivity contribution in [3.63, 3.8) is 0 Å². The number of guanidine groups is 3. The van der Waals surface area contributed by atoms with Gasteiger partial charge < -0.3 is 29.4 Å². The molecule has 0 bridgehead atoms. The highest BCUT2D eigenvalue weighted by molar-refractivity contribution is 7.61. The molecule has 27 heavy (non-hydrogen) atoms. The van der Waals surface area contributed by atoms with Crippen LogP contribution in [0.25, 0.3) is 0 Å². The molecule has 0 unspecified atom stereocenters. The Kier molecular flexibility index (Phi) is 11.5. The molecule has 0 aliphatic heterocycles. The molecule has 1 N–H and O–H groups in total. The number of nitrogens with one attached hydrogen (secondary N) is 1. The second-order valence-corrected chi connectivity index (χ2v) is 8.87. The van der Waals surface area contributed by atoms with Gasteiger partial charge in [-0.05, 0) is 0 Å². The van der Waals surface area contributed by atoms with E-state index in [9.17, 15) is 0 Å². The van der Waals surface area contributed by atoms with Crippen molar-refractivity contribution in [2.45, 2.75) is 0 Å². The van der Waals surface area contributed by atoms with Crippen LogP contribution in [0.1, 0.15) is 0 Å². The van der Waals surface area contributed by atoms with Crippen LogP contribution < -0.4 is 0 Å². The first-order valence-corrected chi connectivity index (χ1v) is 9.85. The lowest BCUT2D eigenvalue weighted by molar-refractivity contribution is 0.481. The fourth-order valence-corrected chi connectivity index (χ4v) is 4.13. The summed E-state index contributed by atoms with van der Waals surface area (Å²) in [5.74, 6) is 1.94. The first-order chi connectivity index (χ1) is 11.7. The summed E-state index contributed by atoms with van der Waals surface area (Å²) in [5, 5.41) is 9.06. The maximum absolute atomic E-state index is 9.06. The molecule has 160 valence electrons.